The van der Waals surface area contributed by atoms with E-state index < -0.39 is 11.5 Å². The number of carbonyl (C=O) groups excluding carboxylic acids is 1. The molecule has 134 valence electrons. The predicted molar refractivity (Wildman–Crippen MR) is 99.6 cm³/mol. The molecule has 4 nitrogen and oxygen atoms in total. The summed E-state index contributed by atoms with van der Waals surface area (Å²) in [6.07, 6.45) is 0.411. The maximum absolute atomic E-state index is 13.2. The van der Waals surface area contributed by atoms with Crippen molar-refractivity contribution in [2.45, 2.75) is 38.2 Å². The van der Waals surface area contributed by atoms with Crippen LogP contribution in [0.15, 0.2) is 46.9 Å². The summed E-state index contributed by atoms with van der Waals surface area (Å²) in [4.78, 5) is 13.2. The van der Waals surface area contributed by atoms with Crippen LogP contribution in [0.3, 0.4) is 0 Å². The van der Waals surface area contributed by atoms with Gasteiger partial charge in [-0.1, -0.05) is 36.4 Å². The summed E-state index contributed by atoms with van der Waals surface area (Å²) in [6, 6.07) is 13.5. The highest BCUT2D eigenvalue weighted by Crippen LogP contribution is 2.45. The van der Waals surface area contributed by atoms with Crippen LogP contribution in [0, 0.1) is 0 Å². The molecule has 0 amide bonds. The first kappa shape index (κ1) is 17.0. The summed E-state index contributed by atoms with van der Waals surface area (Å²) in [5.74, 6) is 0.713. The van der Waals surface area contributed by atoms with Gasteiger partial charge < -0.3 is 14.6 Å². The lowest BCUT2D eigenvalue weighted by molar-refractivity contribution is 0.0885. The number of rotatable bonds is 4. The van der Waals surface area contributed by atoms with E-state index in [4.69, 9.17) is 9.52 Å². The monoisotopic (exact) mass is 350 g/mol. The van der Waals surface area contributed by atoms with Gasteiger partial charge in [0.25, 0.3) is 0 Å². The van der Waals surface area contributed by atoms with E-state index in [9.17, 15) is 9.90 Å². The normalized spacial score (nSPS) is 16.4. The topological polar surface area (TPSA) is 70.7 Å². The van der Waals surface area contributed by atoms with Crippen molar-refractivity contribution >= 4 is 16.8 Å². The minimum atomic E-state index is -0.720. The van der Waals surface area contributed by atoms with Crippen LogP contribution in [0.25, 0.3) is 11.0 Å². The molecule has 0 radical (unpaired) electrons. The van der Waals surface area contributed by atoms with Crippen molar-refractivity contribution in [3.05, 3.63) is 70.5 Å². The van der Waals surface area contributed by atoms with E-state index in [2.05, 4.69) is 13.8 Å². The molecule has 2 N–H and O–H groups in total. The van der Waals surface area contributed by atoms with Crippen LogP contribution in [-0.2, 0) is 11.8 Å². The molecule has 4 heteroatoms. The summed E-state index contributed by atoms with van der Waals surface area (Å²) in [7, 11) is 0. The maximum Gasteiger partial charge on any atom is 0.197 e. The molecule has 2 aromatic carbocycles. The second-order valence-electron chi connectivity index (χ2n) is 7.51. The molecule has 0 unspecified atom stereocenters. The molecular formula is C22H22O4. The second kappa shape index (κ2) is 6.08. The van der Waals surface area contributed by atoms with Gasteiger partial charge in [-0.3, -0.25) is 4.79 Å². The van der Waals surface area contributed by atoms with E-state index in [0.29, 0.717) is 29.7 Å². The highest BCUT2D eigenvalue weighted by atomic mass is 16.3. The third-order valence-electron chi connectivity index (χ3n) is 5.37. The van der Waals surface area contributed by atoms with Crippen LogP contribution in [0.4, 0.5) is 0 Å². The Morgan fingerprint density at radius 2 is 1.92 bits per heavy atom. The average Bonchev–Trinajstić information content (AvgIpc) is 3.05. The Morgan fingerprint density at radius 1 is 1.15 bits per heavy atom. The standard InChI is InChI=1S/C22H22O4/c1-22(2)17-11-13(7-9-14(24)12-23)8-10-15(17)20(25)19-16-5-3-4-6-18(16)26-21(19)22/h3-6,8,10-11,14,23-24H,7,9,12H2,1-2H3/t14-/m0/s1. The first-order valence-corrected chi connectivity index (χ1v) is 8.92. The molecule has 0 saturated carbocycles. The van der Waals surface area contributed by atoms with Gasteiger partial charge in [-0.2, -0.15) is 0 Å². The summed E-state index contributed by atoms with van der Waals surface area (Å²) in [5, 5.41) is 19.5. The van der Waals surface area contributed by atoms with E-state index in [1.165, 1.54) is 0 Å². The second-order valence-corrected chi connectivity index (χ2v) is 7.51. The number of hydrogen-bond donors (Lipinski definition) is 2. The zero-order chi connectivity index (χ0) is 18.5. The average molecular weight is 350 g/mol. The van der Waals surface area contributed by atoms with Crippen LogP contribution in [0.1, 0.15) is 53.1 Å². The van der Waals surface area contributed by atoms with Crippen LogP contribution >= 0.6 is 0 Å². The van der Waals surface area contributed by atoms with Gasteiger partial charge in [-0.05, 0) is 43.9 Å². The number of carbonyl (C=O) groups is 1. The van der Waals surface area contributed by atoms with E-state index in [0.717, 1.165) is 22.1 Å². The van der Waals surface area contributed by atoms with Crippen LogP contribution in [0.5, 0.6) is 0 Å². The predicted octanol–water partition coefficient (Wildman–Crippen LogP) is 3.59. The van der Waals surface area contributed by atoms with Crippen molar-refractivity contribution in [2.24, 2.45) is 0 Å². The van der Waals surface area contributed by atoms with Gasteiger partial charge in [0, 0.05) is 16.4 Å². The van der Waals surface area contributed by atoms with E-state index in [1.54, 1.807) is 0 Å². The fraction of sp³-hybridized carbons (Fsp3) is 0.318. The van der Waals surface area contributed by atoms with Crippen molar-refractivity contribution in [3.63, 3.8) is 0 Å². The largest absolute Gasteiger partial charge is 0.459 e. The fourth-order valence-corrected chi connectivity index (χ4v) is 3.85. The smallest absolute Gasteiger partial charge is 0.197 e. The SMILES string of the molecule is CC1(C)c2cc(CC[C@H](O)CO)ccc2C(=O)c2c1oc1ccccc21. The summed E-state index contributed by atoms with van der Waals surface area (Å²) in [5.41, 5.74) is 3.67. The molecular weight excluding hydrogens is 328 g/mol. The summed E-state index contributed by atoms with van der Waals surface area (Å²) in [6.45, 7) is 3.91. The molecule has 4 rings (SSSR count). The van der Waals surface area contributed by atoms with E-state index in [1.807, 2.05) is 42.5 Å². The summed E-state index contributed by atoms with van der Waals surface area (Å²) < 4.78 is 6.09. The third kappa shape index (κ3) is 2.49. The number of aliphatic hydroxyl groups excluding tert-OH is 2. The number of fused-ring (bicyclic) bond motifs is 4. The fourth-order valence-electron chi connectivity index (χ4n) is 3.85. The van der Waals surface area contributed by atoms with Crippen LogP contribution in [-0.4, -0.2) is 28.7 Å². The Bertz CT molecular complexity index is 997. The van der Waals surface area contributed by atoms with Gasteiger partial charge in [0.1, 0.15) is 11.3 Å². The van der Waals surface area contributed by atoms with Gasteiger partial charge in [0.2, 0.25) is 0 Å². The zero-order valence-electron chi connectivity index (χ0n) is 15.0. The minimum absolute atomic E-state index is 0.00113. The lowest BCUT2D eigenvalue weighted by Crippen LogP contribution is -2.29. The molecule has 0 fully saturated rings. The van der Waals surface area contributed by atoms with E-state index in [-0.39, 0.29) is 12.4 Å². The molecule has 26 heavy (non-hydrogen) atoms. The van der Waals surface area contributed by atoms with Crippen molar-refractivity contribution in [2.75, 3.05) is 6.61 Å². The number of aliphatic hydroxyl groups is 2. The molecule has 1 atom stereocenters. The van der Waals surface area contributed by atoms with Gasteiger partial charge in [-0.15, -0.1) is 0 Å². The van der Waals surface area contributed by atoms with Crippen molar-refractivity contribution < 1.29 is 19.4 Å². The molecule has 0 spiro atoms. The minimum Gasteiger partial charge on any atom is -0.459 e. The lowest BCUT2D eigenvalue weighted by atomic mass is 9.71. The Balaban J connectivity index is 1.82. The molecule has 0 bridgehead atoms. The van der Waals surface area contributed by atoms with Crippen molar-refractivity contribution in [3.8, 4) is 0 Å². The van der Waals surface area contributed by atoms with Crippen LogP contribution in [0.2, 0.25) is 0 Å². The van der Waals surface area contributed by atoms with Gasteiger partial charge in [-0.25, -0.2) is 0 Å². The Morgan fingerprint density at radius 3 is 2.69 bits per heavy atom. The number of furan rings is 1. The Hall–Kier alpha value is -2.43. The van der Waals surface area contributed by atoms with E-state index >= 15 is 0 Å². The molecule has 0 aliphatic heterocycles. The summed E-state index contributed by atoms with van der Waals surface area (Å²) >= 11 is 0. The zero-order valence-corrected chi connectivity index (χ0v) is 15.0. The Kier molecular flexibility index (Phi) is 3.98. The van der Waals surface area contributed by atoms with Gasteiger partial charge >= 0.3 is 0 Å². The van der Waals surface area contributed by atoms with Gasteiger partial charge in [0.15, 0.2) is 5.78 Å². The number of hydrogen-bond acceptors (Lipinski definition) is 4. The number of para-hydroxylation sites is 1. The van der Waals surface area contributed by atoms with Crippen molar-refractivity contribution in [1.29, 1.82) is 0 Å². The third-order valence-corrected chi connectivity index (χ3v) is 5.37. The Labute approximate surface area is 152 Å². The van der Waals surface area contributed by atoms with Crippen molar-refractivity contribution in [1.82, 2.24) is 0 Å². The van der Waals surface area contributed by atoms with Crippen LogP contribution < -0.4 is 0 Å². The molecule has 0 saturated heterocycles. The number of benzene rings is 2. The first-order valence-electron chi connectivity index (χ1n) is 8.92. The number of aryl methyl sites for hydroxylation is 1. The molecule has 1 aliphatic rings. The first-order chi connectivity index (χ1) is 12.4. The highest BCUT2D eigenvalue weighted by molar-refractivity contribution is 6.19. The molecule has 1 aromatic heterocycles. The lowest BCUT2D eigenvalue weighted by Gasteiger charge is -2.31. The molecule has 1 heterocycles. The molecule has 1 aliphatic carbocycles. The molecule has 3 aromatic rings. The quantitative estimate of drug-likeness (QED) is 0.754. The highest BCUT2D eigenvalue weighted by Gasteiger charge is 2.41. The number of ketones is 1. The maximum atomic E-state index is 13.2. The van der Waals surface area contributed by atoms with Gasteiger partial charge in [0.05, 0.1) is 18.3 Å².